The number of benzene rings is 2. The van der Waals surface area contributed by atoms with Gasteiger partial charge >= 0.3 is 0 Å². The Hall–Kier alpha value is -2.07. The number of para-hydroxylation sites is 1. The SMILES string of the molecule is O=C(CCCc1c[nH]c2ccccc12)N1CCC[C@H]1c1ccc(Br)cc1. The van der Waals surface area contributed by atoms with Crippen LogP contribution >= 0.6 is 15.9 Å². The summed E-state index contributed by atoms with van der Waals surface area (Å²) in [5.74, 6) is 0.287. The van der Waals surface area contributed by atoms with Crippen LogP contribution in [0.2, 0.25) is 0 Å². The fourth-order valence-electron chi connectivity index (χ4n) is 4.01. The standard InChI is InChI=1S/C22H23BrN2O/c23-18-12-10-16(11-13-18)21-8-4-14-25(21)22(26)9-3-5-17-15-24-20-7-2-1-6-19(17)20/h1-2,6-7,10-13,15,21,24H,3-5,8-9,14H2/t21-/m0/s1. The molecule has 4 rings (SSSR count). The summed E-state index contributed by atoms with van der Waals surface area (Å²) in [5.41, 5.74) is 3.72. The summed E-state index contributed by atoms with van der Waals surface area (Å²) in [6, 6.07) is 17.0. The van der Waals surface area contributed by atoms with Crippen LogP contribution in [-0.2, 0) is 11.2 Å². The summed E-state index contributed by atoms with van der Waals surface area (Å²) < 4.78 is 1.08. The molecule has 2 aromatic carbocycles. The van der Waals surface area contributed by atoms with Crippen molar-refractivity contribution in [2.75, 3.05) is 6.54 Å². The van der Waals surface area contributed by atoms with Crippen LogP contribution in [0.3, 0.4) is 0 Å². The molecule has 0 spiro atoms. The van der Waals surface area contributed by atoms with Crippen molar-refractivity contribution in [2.24, 2.45) is 0 Å². The molecule has 3 nitrogen and oxygen atoms in total. The number of rotatable bonds is 5. The van der Waals surface area contributed by atoms with Crippen LogP contribution in [0.5, 0.6) is 0 Å². The molecular weight excluding hydrogens is 388 g/mol. The lowest BCUT2D eigenvalue weighted by atomic mass is 10.0. The number of aryl methyl sites for hydroxylation is 1. The number of nitrogens with one attached hydrogen (secondary N) is 1. The Morgan fingerprint density at radius 2 is 1.96 bits per heavy atom. The van der Waals surface area contributed by atoms with Gasteiger partial charge in [-0.3, -0.25) is 4.79 Å². The Balaban J connectivity index is 1.37. The zero-order valence-electron chi connectivity index (χ0n) is 14.7. The van der Waals surface area contributed by atoms with Crippen molar-refractivity contribution >= 4 is 32.7 Å². The van der Waals surface area contributed by atoms with E-state index in [-0.39, 0.29) is 11.9 Å². The van der Waals surface area contributed by atoms with Crippen LogP contribution in [0, 0.1) is 0 Å². The van der Waals surface area contributed by atoms with Crippen LogP contribution in [0.4, 0.5) is 0 Å². The molecule has 4 heteroatoms. The van der Waals surface area contributed by atoms with Crippen LogP contribution in [-0.4, -0.2) is 22.3 Å². The van der Waals surface area contributed by atoms with Gasteiger partial charge in [-0.05, 0) is 55.0 Å². The van der Waals surface area contributed by atoms with Crippen LogP contribution in [0.15, 0.2) is 59.2 Å². The highest BCUT2D eigenvalue weighted by Gasteiger charge is 2.29. The topological polar surface area (TPSA) is 36.1 Å². The Morgan fingerprint density at radius 1 is 1.15 bits per heavy atom. The highest BCUT2D eigenvalue weighted by molar-refractivity contribution is 9.10. The van der Waals surface area contributed by atoms with E-state index in [0.717, 1.165) is 36.7 Å². The lowest BCUT2D eigenvalue weighted by Gasteiger charge is -2.25. The molecule has 1 N–H and O–H groups in total. The molecule has 1 atom stereocenters. The Kier molecular flexibility index (Phi) is 5.11. The Labute approximate surface area is 162 Å². The number of aromatic nitrogens is 1. The van der Waals surface area contributed by atoms with E-state index in [1.807, 2.05) is 6.07 Å². The van der Waals surface area contributed by atoms with Gasteiger partial charge in [0, 0.05) is 34.5 Å². The minimum absolute atomic E-state index is 0.240. The van der Waals surface area contributed by atoms with Gasteiger partial charge in [0.25, 0.3) is 0 Å². The fourth-order valence-corrected chi connectivity index (χ4v) is 4.27. The molecule has 1 saturated heterocycles. The average Bonchev–Trinajstić information content (AvgIpc) is 3.30. The highest BCUT2D eigenvalue weighted by atomic mass is 79.9. The maximum absolute atomic E-state index is 12.8. The van der Waals surface area contributed by atoms with Gasteiger partial charge in [-0.2, -0.15) is 0 Å². The predicted molar refractivity (Wildman–Crippen MR) is 109 cm³/mol. The molecule has 0 saturated carbocycles. The molecule has 1 aromatic heterocycles. The molecule has 2 heterocycles. The van der Waals surface area contributed by atoms with Crippen molar-refractivity contribution in [3.8, 4) is 0 Å². The third-order valence-electron chi connectivity index (χ3n) is 5.34. The minimum Gasteiger partial charge on any atom is -0.361 e. The Bertz CT molecular complexity index is 900. The molecular formula is C22H23BrN2O. The second-order valence-electron chi connectivity index (χ2n) is 7.01. The number of carbonyl (C=O) groups excluding carboxylic acids is 1. The molecule has 134 valence electrons. The van der Waals surface area contributed by atoms with Crippen LogP contribution in [0.25, 0.3) is 10.9 Å². The van der Waals surface area contributed by atoms with Crippen molar-refractivity contribution in [1.82, 2.24) is 9.88 Å². The molecule has 1 amide bonds. The number of hydrogen-bond acceptors (Lipinski definition) is 1. The van der Waals surface area contributed by atoms with Gasteiger partial charge in [0.1, 0.15) is 0 Å². The summed E-state index contributed by atoms with van der Waals surface area (Å²) in [7, 11) is 0. The molecule has 3 aromatic rings. The van der Waals surface area contributed by atoms with E-state index in [1.54, 1.807) is 0 Å². The van der Waals surface area contributed by atoms with E-state index in [0.29, 0.717) is 6.42 Å². The zero-order chi connectivity index (χ0) is 17.9. The molecule has 1 aliphatic heterocycles. The van der Waals surface area contributed by atoms with E-state index >= 15 is 0 Å². The number of carbonyl (C=O) groups is 1. The number of aromatic amines is 1. The van der Waals surface area contributed by atoms with Gasteiger partial charge in [-0.1, -0.05) is 46.3 Å². The first-order valence-electron chi connectivity index (χ1n) is 9.32. The number of likely N-dealkylation sites (tertiary alicyclic amines) is 1. The number of amides is 1. The molecule has 0 bridgehead atoms. The number of nitrogens with zero attached hydrogens (tertiary/aromatic N) is 1. The van der Waals surface area contributed by atoms with Gasteiger partial charge in [0.05, 0.1) is 6.04 Å². The number of halogens is 1. The van der Waals surface area contributed by atoms with Gasteiger partial charge < -0.3 is 9.88 Å². The maximum Gasteiger partial charge on any atom is 0.223 e. The minimum atomic E-state index is 0.240. The van der Waals surface area contributed by atoms with Gasteiger partial charge in [0.15, 0.2) is 0 Å². The molecule has 1 aliphatic rings. The highest BCUT2D eigenvalue weighted by Crippen LogP contribution is 2.33. The molecule has 26 heavy (non-hydrogen) atoms. The Morgan fingerprint density at radius 3 is 2.81 bits per heavy atom. The second-order valence-corrected chi connectivity index (χ2v) is 7.93. The van der Waals surface area contributed by atoms with E-state index in [2.05, 4.69) is 74.5 Å². The van der Waals surface area contributed by atoms with E-state index in [4.69, 9.17) is 0 Å². The first-order chi connectivity index (χ1) is 12.7. The van der Waals surface area contributed by atoms with Crippen LogP contribution in [0.1, 0.15) is 42.9 Å². The molecule has 0 unspecified atom stereocenters. The summed E-state index contributed by atoms with van der Waals surface area (Å²) in [5, 5.41) is 1.27. The van der Waals surface area contributed by atoms with E-state index < -0.39 is 0 Å². The van der Waals surface area contributed by atoms with Crippen molar-refractivity contribution in [2.45, 2.75) is 38.1 Å². The van der Waals surface area contributed by atoms with E-state index in [1.165, 1.54) is 22.0 Å². The van der Waals surface area contributed by atoms with Crippen molar-refractivity contribution in [3.05, 3.63) is 70.3 Å². The molecule has 0 radical (unpaired) electrons. The molecule has 1 fully saturated rings. The number of H-pyrrole nitrogens is 1. The first-order valence-corrected chi connectivity index (χ1v) is 10.1. The number of fused-ring (bicyclic) bond motifs is 1. The quantitative estimate of drug-likeness (QED) is 0.582. The second kappa shape index (κ2) is 7.67. The van der Waals surface area contributed by atoms with Crippen LogP contribution < -0.4 is 0 Å². The van der Waals surface area contributed by atoms with Crippen molar-refractivity contribution < 1.29 is 4.79 Å². The largest absolute Gasteiger partial charge is 0.361 e. The lowest BCUT2D eigenvalue weighted by Crippen LogP contribution is -2.30. The van der Waals surface area contributed by atoms with Gasteiger partial charge in [-0.15, -0.1) is 0 Å². The third kappa shape index (κ3) is 3.56. The first kappa shape index (κ1) is 17.3. The zero-order valence-corrected chi connectivity index (χ0v) is 16.3. The van der Waals surface area contributed by atoms with Crippen molar-refractivity contribution in [3.63, 3.8) is 0 Å². The van der Waals surface area contributed by atoms with Gasteiger partial charge in [-0.25, -0.2) is 0 Å². The lowest BCUT2D eigenvalue weighted by molar-refractivity contribution is -0.132. The summed E-state index contributed by atoms with van der Waals surface area (Å²) in [6.07, 6.45) is 6.68. The third-order valence-corrected chi connectivity index (χ3v) is 5.87. The van der Waals surface area contributed by atoms with Crippen molar-refractivity contribution in [1.29, 1.82) is 0 Å². The van der Waals surface area contributed by atoms with E-state index in [9.17, 15) is 4.79 Å². The monoisotopic (exact) mass is 410 g/mol. The van der Waals surface area contributed by atoms with Gasteiger partial charge in [0.2, 0.25) is 5.91 Å². The summed E-state index contributed by atoms with van der Waals surface area (Å²) in [6.45, 7) is 0.882. The molecule has 0 aliphatic carbocycles. The smallest absolute Gasteiger partial charge is 0.223 e. The normalized spacial score (nSPS) is 17.1. The summed E-state index contributed by atoms with van der Waals surface area (Å²) in [4.78, 5) is 18.2. The average molecular weight is 411 g/mol. The predicted octanol–water partition coefficient (Wildman–Crippen LogP) is 5.62. The maximum atomic E-state index is 12.8. The number of hydrogen-bond donors (Lipinski definition) is 1. The fraction of sp³-hybridized carbons (Fsp3) is 0.318. The summed E-state index contributed by atoms with van der Waals surface area (Å²) >= 11 is 3.49.